The van der Waals surface area contributed by atoms with Crippen LogP contribution in [0.3, 0.4) is 0 Å². The van der Waals surface area contributed by atoms with Crippen molar-refractivity contribution < 1.29 is 0 Å². The Hall–Kier alpha value is -2.60. The Labute approximate surface area is 136 Å². The molecule has 2 heterocycles. The maximum Gasteiger partial charge on any atom is 0.274 e. The van der Waals surface area contributed by atoms with Crippen LogP contribution in [0.5, 0.6) is 0 Å². The van der Waals surface area contributed by atoms with Gasteiger partial charge in [-0.1, -0.05) is 61.2 Å². The number of thioether (sulfide) groups is 1. The molecule has 5 nitrogen and oxygen atoms in total. The summed E-state index contributed by atoms with van der Waals surface area (Å²) in [6.07, 6.45) is 0. The highest BCUT2D eigenvalue weighted by atomic mass is 32.2. The van der Waals surface area contributed by atoms with Crippen molar-refractivity contribution in [2.45, 2.75) is 12.1 Å². The topological polar surface area (TPSA) is 63.1 Å². The van der Waals surface area contributed by atoms with E-state index in [4.69, 9.17) is 0 Å². The van der Waals surface area contributed by atoms with Crippen LogP contribution in [0, 0.1) is 0 Å². The van der Waals surface area contributed by atoms with E-state index in [-0.39, 0.29) is 5.56 Å². The first kappa shape index (κ1) is 14.0. The van der Waals surface area contributed by atoms with Crippen LogP contribution in [0.25, 0.3) is 27.8 Å². The third-order valence-corrected chi connectivity index (χ3v) is 4.40. The van der Waals surface area contributed by atoms with E-state index in [2.05, 4.69) is 27.2 Å². The van der Waals surface area contributed by atoms with Crippen molar-refractivity contribution >= 4 is 28.3 Å². The van der Waals surface area contributed by atoms with Gasteiger partial charge in [0.25, 0.3) is 11.3 Å². The maximum absolute atomic E-state index is 12.4. The Bertz CT molecular complexity index is 1060. The number of hydrogen-bond acceptors (Lipinski definition) is 4. The maximum atomic E-state index is 12.4. The fraction of sp³-hybridized carbons (Fsp3) is 0.118. The number of rotatable bonds is 3. The van der Waals surface area contributed by atoms with Gasteiger partial charge in [-0.05, 0) is 16.5 Å². The molecular weight excluding hydrogens is 308 g/mol. The van der Waals surface area contributed by atoms with Crippen LogP contribution in [-0.4, -0.2) is 25.3 Å². The summed E-state index contributed by atoms with van der Waals surface area (Å²) >= 11 is 1.55. The Morgan fingerprint density at radius 2 is 1.96 bits per heavy atom. The van der Waals surface area contributed by atoms with Gasteiger partial charge in [0.1, 0.15) is 0 Å². The Morgan fingerprint density at radius 1 is 1.13 bits per heavy atom. The highest BCUT2D eigenvalue weighted by molar-refractivity contribution is 7.99. The second-order valence-corrected chi connectivity index (χ2v) is 6.36. The van der Waals surface area contributed by atoms with Crippen molar-refractivity contribution in [3.63, 3.8) is 0 Å². The van der Waals surface area contributed by atoms with Crippen molar-refractivity contribution in [2.24, 2.45) is 0 Å². The fourth-order valence-corrected chi connectivity index (χ4v) is 3.23. The van der Waals surface area contributed by atoms with Gasteiger partial charge in [0.2, 0.25) is 0 Å². The van der Waals surface area contributed by atoms with Gasteiger partial charge in [-0.15, -0.1) is 0 Å². The summed E-state index contributed by atoms with van der Waals surface area (Å²) in [5, 5.41) is 5.87. The van der Waals surface area contributed by atoms with Gasteiger partial charge in [0.15, 0.2) is 5.16 Å². The van der Waals surface area contributed by atoms with E-state index >= 15 is 0 Å². The molecule has 0 saturated heterocycles. The largest absolute Gasteiger partial charge is 0.274 e. The number of nitrogens with zero attached hydrogens (tertiary/aromatic N) is 3. The van der Waals surface area contributed by atoms with Gasteiger partial charge in [-0.2, -0.15) is 9.50 Å². The number of nitrogens with one attached hydrogen (secondary N) is 1. The third kappa shape index (κ3) is 2.41. The first-order valence-electron chi connectivity index (χ1n) is 7.37. The zero-order valence-electron chi connectivity index (χ0n) is 12.5. The molecule has 2 aromatic heterocycles. The first-order valence-corrected chi connectivity index (χ1v) is 8.35. The van der Waals surface area contributed by atoms with Crippen LogP contribution in [-0.2, 0) is 0 Å². The van der Waals surface area contributed by atoms with E-state index in [0.717, 1.165) is 22.1 Å². The summed E-state index contributed by atoms with van der Waals surface area (Å²) in [5.74, 6) is 1.28. The third-order valence-electron chi connectivity index (χ3n) is 3.66. The Kier molecular flexibility index (Phi) is 3.38. The quantitative estimate of drug-likeness (QED) is 0.588. The van der Waals surface area contributed by atoms with Crippen molar-refractivity contribution in [3.05, 3.63) is 58.9 Å². The highest BCUT2D eigenvalue weighted by Gasteiger charge is 2.11. The number of H-pyrrole nitrogens is 1. The molecule has 1 N–H and O–H groups in total. The molecule has 0 amide bonds. The number of fused-ring (bicyclic) bond motifs is 2. The van der Waals surface area contributed by atoms with Crippen LogP contribution < -0.4 is 5.56 Å². The lowest BCUT2D eigenvalue weighted by Gasteiger charge is -2.05. The summed E-state index contributed by atoms with van der Waals surface area (Å²) in [6.45, 7) is 2.04. The minimum atomic E-state index is -0.159. The van der Waals surface area contributed by atoms with Gasteiger partial charge in [-0.3, -0.25) is 9.89 Å². The molecule has 0 fully saturated rings. The second kappa shape index (κ2) is 5.55. The zero-order valence-corrected chi connectivity index (χ0v) is 13.3. The second-order valence-electron chi connectivity index (χ2n) is 5.10. The molecule has 114 valence electrons. The van der Waals surface area contributed by atoms with Crippen LogP contribution in [0.1, 0.15) is 6.92 Å². The van der Waals surface area contributed by atoms with Crippen LogP contribution in [0.15, 0.2) is 58.5 Å². The summed E-state index contributed by atoms with van der Waals surface area (Å²) in [7, 11) is 0. The number of aromatic nitrogens is 4. The molecule has 0 aliphatic heterocycles. The minimum Gasteiger partial charge on any atom is -0.267 e. The molecule has 4 aromatic rings. The van der Waals surface area contributed by atoms with E-state index in [1.54, 1.807) is 17.8 Å². The molecule has 0 aliphatic rings. The summed E-state index contributed by atoms with van der Waals surface area (Å²) < 4.78 is 1.38. The van der Waals surface area contributed by atoms with Crippen molar-refractivity contribution in [2.75, 3.05) is 5.75 Å². The standard InChI is InChI=1S/C17H14N4OS/c1-2-23-17-19-16-18-14(10-15(22)21(16)20-17)13-9-5-7-11-6-3-4-8-12(11)13/h3-10H,2H2,1H3,(H,18,19,20). The van der Waals surface area contributed by atoms with Crippen LogP contribution in [0.2, 0.25) is 0 Å². The summed E-state index contributed by atoms with van der Waals surface area (Å²) in [5.41, 5.74) is 1.43. The van der Waals surface area contributed by atoms with E-state index in [1.165, 1.54) is 4.52 Å². The molecule has 23 heavy (non-hydrogen) atoms. The molecule has 0 spiro atoms. The van der Waals surface area contributed by atoms with Gasteiger partial charge in [-0.25, -0.2) is 4.98 Å². The molecule has 0 atom stereocenters. The van der Waals surface area contributed by atoms with Crippen molar-refractivity contribution in [1.82, 2.24) is 19.6 Å². The van der Waals surface area contributed by atoms with E-state index in [9.17, 15) is 4.79 Å². The van der Waals surface area contributed by atoms with Gasteiger partial charge in [0, 0.05) is 11.6 Å². The predicted molar refractivity (Wildman–Crippen MR) is 92.9 cm³/mol. The van der Waals surface area contributed by atoms with Crippen molar-refractivity contribution in [1.29, 1.82) is 0 Å². The first-order chi connectivity index (χ1) is 11.3. The van der Waals surface area contributed by atoms with Crippen molar-refractivity contribution in [3.8, 4) is 11.3 Å². The van der Waals surface area contributed by atoms with Gasteiger partial charge >= 0.3 is 0 Å². The number of hydrogen-bond donors (Lipinski definition) is 1. The average Bonchev–Trinajstić information content (AvgIpc) is 2.98. The molecular formula is C17H14N4OS. The average molecular weight is 322 g/mol. The molecule has 2 aromatic carbocycles. The Morgan fingerprint density at radius 3 is 2.83 bits per heavy atom. The Balaban J connectivity index is 1.96. The number of aromatic amines is 1. The lowest BCUT2D eigenvalue weighted by atomic mass is 10.0. The van der Waals surface area contributed by atoms with E-state index in [1.807, 2.05) is 37.3 Å². The lowest BCUT2D eigenvalue weighted by Crippen LogP contribution is -2.14. The van der Waals surface area contributed by atoms with Gasteiger partial charge < -0.3 is 0 Å². The summed E-state index contributed by atoms with van der Waals surface area (Å²) in [4.78, 5) is 21.3. The zero-order chi connectivity index (χ0) is 15.8. The molecule has 0 aliphatic carbocycles. The SMILES string of the molecule is CCSc1nc2nc(-c3cccc4ccccc34)cc(=O)n2[nH]1. The van der Waals surface area contributed by atoms with E-state index in [0.29, 0.717) is 16.6 Å². The molecule has 0 bridgehead atoms. The summed E-state index contributed by atoms with van der Waals surface area (Å²) in [6, 6.07) is 15.6. The molecule has 0 saturated carbocycles. The fourth-order valence-electron chi connectivity index (χ4n) is 2.65. The van der Waals surface area contributed by atoms with E-state index < -0.39 is 0 Å². The molecule has 0 unspecified atom stereocenters. The smallest absolute Gasteiger partial charge is 0.267 e. The van der Waals surface area contributed by atoms with Gasteiger partial charge in [0.05, 0.1) is 5.69 Å². The molecule has 4 rings (SSSR count). The van der Waals surface area contributed by atoms with Crippen LogP contribution >= 0.6 is 11.8 Å². The normalized spacial score (nSPS) is 11.3. The highest BCUT2D eigenvalue weighted by Crippen LogP contribution is 2.26. The number of benzene rings is 2. The van der Waals surface area contributed by atoms with Crippen LogP contribution in [0.4, 0.5) is 0 Å². The minimum absolute atomic E-state index is 0.159. The predicted octanol–water partition coefficient (Wildman–Crippen LogP) is 3.35. The monoisotopic (exact) mass is 322 g/mol. The lowest BCUT2D eigenvalue weighted by molar-refractivity contribution is 0.851. The molecule has 6 heteroatoms. The molecule has 0 radical (unpaired) electrons.